The zero-order valence-electron chi connectivity index (χ0n) is 25.4. The van der Waals surface area contributed by atoms with E-state index in [1.54, 1.807) is 0 Å². The highest BCUT2D eigenvalue weighted by molar-refractivity contribution is 5.18. The van der Waals surface area contributed by atoms with Gasteiger partial charge >= 0.3 is 0 Å². The van der Waals surface area contributed by atoms with Gasteiger partial charge in [-0.1, -0.05) is 40.5 Å². The first kappa shape index (κ1) is 32.0. The number of rotatable bonds is 8. The van der Waals surface area contributed by atoms with Gasteiger partial charge in [0.15, 0.2) is 6.29 Å². The predicted octanol–water partition coefficient (Wildman–Crippen LogP) is 1.96. The molecule has 7 N–H and O–H groups in total. The van der Waals surface area contributed by atoms with Crippen molar-refractivity contribution in [2.45, 2.75) is 140 Å². The van der Waals surface area contributed by atoms with Crippen molar-refractivity contribution in [2.24, 2.45) is 46.3 Å². The summed E-state index contributed by atoms with van der Waals surface area (Å²) in [6.45, 7) is 9.24. The quantitative estimate of drug-likeness (QED) is 0.226. The number of hydrogen-bond donors (Lipinski definition) is 7. The lowest BCUT2D eigenvalue weighted by Crippen LogP contribution is -2.69. The minimum Gasteiger partial charge on any atom is -0.393 e. The van der Waals surface area contributed by atoms with Crippen LogP contribution >= 0.6 is 0 Å². The van der Waals surface area contributed by atoms with Crippen LogP contribution in [0.5, 0.6) is 0 Å². The molecule has 0 radical (unpaired) electrons. The summed E-state index contributed by atoms with van der Waals surface area (Å²) in [5.74, 6) is 1.60. The van der Waals surface area contributed by atoms with E-state index in [-0.39, 0.29) is 42.1 Å². The third-order valence-electron chi connectivity index (χ3n) is 12.9. The van der Waals surface area contributed by atoms with E-state index in [0.29, 0.717) is 37.7 Å². The van der Waals surface area contributed by atoms with E-state index < -0.39 is 53.9 Å². The first-order chi connectivity index (χ1) is 19.2. The number of hydrogen-bond acceptors (Lipinski definition) is 9. The van der Waals surface area contributed by atoms with Gasteiger partial charge < -0.3 is 45.2 Å². The Morgan fingerprint density at radius 1 is 0.902 bits per heavy atom. The van der Waals surface area contributed by atoms with Crippen molar-refractivity contribution >= 4 is 0 Å². The lowest BCUT2D eigenvalue weighted by atomic mass is 9.42. The lowest BCUT2D eigenvalue weighted by molar-refractivity contribution is -0.272. The Morgan fingerprint density at radius 2 is 1.63 bits per heavy atom. The van der Waals surface area contributed by atoms with E-state index in [2.05, 4.69) is 27.7 Å². The van der Waals surface area contributed by atoms with Crippen molar-refractivity contribution < 1.29 is 45.2 Å². The minimum atomic E-state index is -1.27. The molecule has 4 aliphatic carbocycles. The lowest BCUT2D eigenvalue weighted by Gasteiger charge is -2.65. The smallest absolute Gasteiger partial charge is 0.186 e. The molecule has 9 nitrogen and oxygen atoms in total. The zero-order chi connectivity index (χ0) is 29.9. The van der Waals surface area contributed by atoms with Crippen molar-refractivity contribution in [3.05, 3.63) is 0 Å². The molecule has 4 saturated carbocycles. The summed E-state index contributed by atoms with van der Waals surface area (Å²) in [4.78, 5) is 0. The molecular formula is C32H56O9. The van der Waals surface area contributed by atoms with Gasteiger partial charge in [0.25, 0.3) is 0 Å². The van der Waals surface area contributed by atoms with Crippen molar-refractivity contribution in [1.29, 1.82) is 0 Å². The fourth-order valence-corrected chi connectivity index (χ4v) is 10.5. The van der Waals surface area contributed by atoms with E-state index in [0.717, 1.165) is 38.5 Å². The first-order valence-corrected chi connectivity index (χ1v) is 16.3. The second kappa shape index (κ2) is 11.9. The molecule has 41 heavy (non-hydrogen) atoms. The summed E-state index contributed by atoms with van der Waals surface area (Å²) in [6, 6.07) is 0. The Balaban J connectivity index is 1.16. The Labute approximate surface area is 245 Å². The Morgan fingerprint density at radius 3 is 2.37 bits per heavy atom. The SMILES string of the molecule is C[C@@H](CCC[C@@H](C)[C@H]1C[C@H](O)[C@H]2[C@@H]3C[C@@H](O)[C@@]4(O)C[C@@H](O)CC[C@]4(C)[C@H]3CC[C@@]21C)CO[C@@H]1OC[C@@H](O)[C@H](O)[C@H]1O. The van der Waals surface area contributed by atoms with Gasteiger partial charge in [-0.05, 0) is 85.9 Å². The number of aliphatic hydroxyl groups excluding tert-OH is 6. The molecule has 0 aromatic heterocycles. The average Bonchev–Trinajstić information content (AvgIpc) is 3.19. The number of ether oxygens (including phenoxy) is 2. The van der Waals surface area contributed by atoms with Crippen LogP contribution in [0, 0.1) is 46.3 Å². The van der Waals surface area contributed by atoms with Gasteiger partial charge in [0.1, 0.15) is 18.3 Å². The topological polar surface area (TPSA) is 160 Å². The van der Waals surface area contributed by atoms with Crippen LogP contribution in [0.3, 0.4) is 0 Å². The fourth-order valence-electron chi connectivity index (χ4n) is 10.5. The maximum atomic E-state index is 11.7. The molecule has 1 heterocycles. The maximum absolute atomic E-state index is 11.7. The van der Waals surface area contributed by atoms with Crippen LogP contribution in [0.2, 0.25) is 0 Å². The van der Waals surface area contributed by atoms with Gasteiger partial charge in [0.2, 0.25) is 0 Å². The van der Waals surface area contributed by atoms with Crippen LogP contribution in [0.4, 0.5) is 0 Å². The highest BCUT2D eigenvalue weighted by atomic mass is 16.7. The summed E-state index contributed by atoms with van der Waals surface area (Å²) in [7, 11) is 0. The highest BCUT2D eigenvalue weighted by Crippen LogP contribution is 2.69. The van der Waals surface area contributed by atoms with E-state index in [1.165, 1.54) is 0 Å². The third kappa shape index (κ3) is 5.44. The van der Waals surface area contributed by atoms with Gasteiger partial charge in [-0.25, -0.2) is 0 Å². The van der Waals surface area contributed by atoms with E-state index in [9.17, 15) is 35.7 Å². The van der Waals surface area contributed by atoms with E-state index >= 15 is 0 Å². The summed E-state index contributed by atoms with van der Waals surface area (Å²) in [5.41, 5.74) is -1.72. The molecule has 1 saturated heterocycles. The summed E-state index contributed by atoms with van der Waals surface area (Å²) in [6.07, 6.45) is 1.47. The zero-order valence-corrected chi connectivity index (χ0v) is 25.4. The molecule has 5 aliphatic rings. The second-order valence-electron chi connectivity index (χ2n) is 15.3. The standard InChI is InChI=1S/C32H56O9/c1-17(15-40-29-28(38)27(37)24(35)16-41-29)6-5-7-18(2)22-13-23(34)26-20-12-25(36)32(39)14-19(33)8-11-31(32,4)21(20)9-10-30(22,26)3/h17-29,33-39H,5-16H2,1-4H3/t17-,18+,19-,20+,21-,22+,23-,24+,25+,26+,27-,28+,29+,30+,31+,32-/m0/s1. The first-order valence-electron chi connectivity index (χ1n) is 16.3. The van der Waals surface area contributed by atoms with Crippen LogP contribution in [-0.4, -0.2) is 97.5 Å². The Hall–Kier alpha value is -0.360. The molecule has 0 aromatic carbocycles. The van der Waals surface area contributed by atoms with Crippen LogP contribution < -0.4 is 0 Å². The molecule has 0 spiro atoms. The summed E-state index contributed by atoms with van der Waals surface area (Å²) in [5, 5.41) is 74.4. The van der Waals surface area contributed by atoms with Crippen molar-refractivity contribution in [2.75, 3.05) is 13.2 Å². The highest BCUT2D eigenvalue weighted by Gasteiger charge is 2.68. The Bertz CT molecular complexity index is 904. The monoisotopic (exact) mass is 584 g/mol. The third-order valence-corrected chi connectivity index (χ3v) is 12.9. The predicted molar refractivity (Wildman–Crippen MR) is 151 cm³/mol. The van der Waals surface area contributed by atoms with Crippen molar-refractivity contribution in [1.82, 2.24) is 0 Å². The fraction of sp³-hybridized carbons (Fsp3) is 1.00. The average molecular weight is 585 g/mol. The molecular weight excluding hydrogens is 528 g/mol. The molecule has 5 rings (SSSR count). The van der Waals surface area contributed by atoms with Crippen LogP contribution in [0.1, 0.15) is 91.9 Å². The molecule has 0 bridgehead atoms. The molecule has 0 unspecified atom stereocenters. The number of aliphatic hydroxyl groups is 7. The van der Waals surface area contributed by atoms with E-state index in [4.69, 9.17) is 9.47 Å². The molecule has 16 atom stereocenters. The van der Waals surface area contributed by atoms with Gasteiger partial charge in [-0.2, -0.15) is 0 Å². The van der Waals surface area contributed by atoms with Crippen LogP contribution in [0.15, 0.2) is 0 Å². The molecule has 0 aromatic rings. The largest absolute Gasteiger partial charge is 0.393 e. The van der Waals surface area contributed by atoms with Gasteiger partial charge in [-0.15, -0.1) is 0 Å². The molecule has 238 valence electrons. The maximum Gasteiger partial charge on any atom is 0.186 e. The normalized spacial score (nSPS) is 53.2. The molecule has 0 amide bonds. The number of fused-ring (bicyclic) bond motifs is 5. The van der Waals surface area contributed by atoms with Gasteiger partial charge in [-0.3, -0.25) is 0 Å². The molecule has 1 aliphatic heterocycles. The van der Waals surface area contributed by atoms with Crippen molar-refractivity contribution in [3.63, 3.8) is 0 Å². The Kier molecular flexibility index (Phi) is 9.27. The molecule has 9 heteroatoms. The van der Waals surface area contributed by atoms with Gasteiger partial charge in [0, 0.05) is 11.8 Å². The molecule has 5 fully saturated rings. The van der Waals surface area contributed by atoms with Gasteiger partial charge in [0.05, 0.1) is 37.1 Å². The summed E-state index contributed by atoms with van der Waals surface area (Å²) < 4.78 is 11.1. The van der Waals surface area contributed by atoms with Crippen LogP contribution in [-0.2, 0) is 9.47 Å². The van der Waals surface area contributed by atoms with Crippen LogP contribution in [0.25, 0.3) is 0 Å². The minimum absolute atomic E-state index is 0.00565. The second-order valence-corrected chi connectivity index (χ2v) is 15.3. The van der Waals surface area contributed by atoms with E-state index in [1.807, 2.05) is 0 Å². The van der Waals surface area contributed by atoms with Crippen molar-refractivity contribution in [3.8, 4) is 0 Å². The summed E-state index contributed by atoms with van der Waals surface area (Å²) >= 11 is 0.